The third-order valence-electron chi connectivity index (χ3n) is 5.98. The minimum Gasteiger partial charge on any atom is -0.355 e. The monoisotopic (exact) mass is 411 g/mol. The summed E-state index contributed by atoms with van der Waals surface area (Å²) < 4.78 is 0. The van der Waals surface area contributed by atoms with Crippen molar-refractivity contribution in [3.63, 3.8) is 0 Å². The van der Waals surface area contributed by atoms with Gasteiger partial charge in [0.1, 0.15) is 0 Å². The molecule has 4 rings (SSSR count). The average Bonchev–Trinajstić information content (AvgIpc) is 2.77. The van der Waals surface area contributed by atoms with E-state index in [4.69, 9.17) is 0 Å². The van der Waals surface area contributed by atoms with Crippen LogP contribution in [0.2, 0.25) is 0 Å². The van der Waals surface area contributed by atoms with E-state index in [0.29, 0.717) is 19.5 Å². The van der Waals surface area contributed by atoms with Crippen LogP contribution in [-0.4, -0.2) is 70.2 Å². The molecule has 1 N–H and O–H groups in total. The first-order valence-corrected chi connectivity index (χ1v) is 10.7. The van der Waals surface area contributed by atoms with Crippen LogP contribution in [0.5, 0.6) is 0 Å². The maximum Gasteiger partial charge on any atom is 0.267 e. The molecule has 1 saturated heterocycles. The Morgan fingerprint density at radius 2 is 1.83 bits per heavy atom. The Balaban J connectivity index is 1.26. The number of aromatic amines is 1. The summed E-state index contributed by atoms with van der Waals surface area (Å²) in [4.78, 5) is 39.5. The number of carbonyl (C=O) groups is 1. The lowest BCUT2D eigenvalue weighted by atomic mass is 10.0. The molecule has 1 fully saturated rings. The Kier molecular flexibility index (Phi) is 5.96. The maximum absolute atomic E-state index is 12.7. The number of amides is 1. The topological polar surface area (TPSA) is 98.3 Å². The Labute approximate surface area is 176 Å². The minimum absolute atomic E-state index is 0.110. The van der Waals surface area contributed by atoms with Crippen molar-refractivity contribution in [1.29, 1.82) is 0 Å². The highest BCUT2D eigenvalue weighted by Gasteiger charge is 2.24. The van der Waals surface area contributed by atoms with Crippen molar-refractivity contribution in [3.05, 3.63) is 39.4 Å². The van der Waals surface area contributed by atoms with Crippen molar-refractivity contribution >= 4 is 17.7 Å². The van der Waals surface area contributed by atoms with Gasteiger partial charge in [-0.3, -0.25) is 9.59 Å². The van der Waals surface area contributed by atoms with E-state index in [1.165, 1.54) is 0 Å². The predicted molar refractivity (Wildman–Crippen MR) is 115 cm³/mol. The highest BCUT2D eigenvalue weighted by atomic mass is 16.2. The van der Waals surface area contributed by atoms with Gasteiger partial charge >= 0.3 is 0 Å². The molecule has 0 bridgehead atoms. The number of carbonyl (C=O) groups excluding carboxylic acids is 1. The molecule has 0 spiro atoms. The number of hydrogen-bond donors (Lipinski definition) is 1. The summed E-state index contributed by atoms with van der Waals surface area (Å²) in [6, 6.07) is 0. The van der Waals surface area contributed by atoms with E-state index in [2.05, 4.69) is 30.0 Å². The largest absolute Gasteiger partial charge is 0.355 e. The molecule has 0 saturated carbocycles. The molecule has 2 aliphatic heterocycles. The number of fused-ring (bicyclic) bond motifs is 1. The molecular formula is C21H29N7O2. The molecule has 0 radical (unpaired) electrons. The number of piperazine rings is 1. The number of rotatable bonds is 5. The summed E-state index contributed by atoms with van der Waals surface area (Å²) in [5.41, 5.74) is 2.74. The van der Waals surface area contributed by atoms with E-state index < -0.39 is 0 Å². The van der Waals surface area contributed by atoms with Gasteiger partial charge in [-0.05, 0) is 38.7 Å². The summed E-state index contributed by atoms with van der Waals surface area (Å²) in [6.45, 7) is 8.42. The van der Waals surface area contributed by atoms with Crippen LogP contribution >= 0.6 is 0 Å². The molecular weight excluding hydrogens is 382 g/mol. The molecule has 2 aliphatic rings. The second kappa shape index (κ2) is 8.81. The zero-order valence-electron chi connectivity index (χ0n) is 17.7. The fourth-order valence-corrected chi connectivity index (χ4v) is 4.18. The van der Waals surface area contributed by atoms with Gasteiger partial charge in [0.15, 0.2) is 5.82 Å². The SMILES string of the molecule is Cc1cnc(N2CCN(C(=O)CCCN3CCCc4c3n[nH]c(=O)c4C)CC2)nc1. The number of anilines is 2. The zero-order valence-corrected chi connectivity index (χ0v) is 17.7. The molecule has 0 atom stereocenters. The first-order chi connectivity index (χ1) is 14.5. The fraction of sp³-hybridized carbons (Fsp3) is 0.571. The van der Waals surface area contributed by atoms with Gasteiger partial charge in [0.25, 0.3) is 5.56 Å². The van der Waals surface area contributed by atoms with Gasteiger partial charge in [0.2, 0.25) is 11.9 Å². The van der Waals surface area contributed by atoms with E-state index in [1.54, 1.807) is 0 Å². The second-order valence-electron chi connectivity index (χ2n) is 8.10. The first kappa shape index (κ1) is 20.3. The number of hydrogen-bond acceptors (Lipinski definition) is 7. The minimum atomic E-state index is -0.110. The zero-order chi connectivity index (χ0) is 21.1. The second-order valence-corrected chi connectivity index (χ2v) is 8.10. The molecule has 160 valence electrons. The number of aryl methyl sites for hydroxylation is 1. The van der Waals surface area contributed by atoms with Gasteiger partial charge in [-0.1, -0.05) is 0 Å². The van der Waals surface area contributed by atoms with Crippen molar-refractivity contribution in [3.8, 4) is 0 Å². The van der Waals surface area contributed by atoms with Crippen molar-refractivity contribution in [2.75, 3.05) is 49.1 Å². The third kappa shape index (κ3) is 4.29. The standard InChI is InChI=1S/C21H29N7O2/c1-15-13-22-21(23-14-15)28-11-9-26(10-12-28)18(29)6-4-8-27-7-3-5-17-16(2)20(30)25-24-19(17)27/h13-14H,3-12H2,1-2H3,(H,25,30). The van der Waals surface area contributed by atoms with Crippen LogP contribution in [0.4, 0.5) is 11.8 Å². The lowest BCUT2D eigenvalue weighted by Gasteiger charge is -2.35. The smallest absolute Gasteiger partial charge is 0.267 e. The van der Waals surface area contributed by atoms with E-state index in [0.717, 1.165) is 73.9 Å². The fourth-order valence-electron chi connectivity index (χ4n) is 4.18. The van der Waals surface area contributed by atoms with E-state index in [9.17, 15) is 9.59 Å². The lowest BCUT2D eigenvalue weighted by molar-refractivity contribution is -0.131. The number of nitrogens with zero attached hydrogens (tertiary/aromatic N) is 6. The van der Waals surface area contributed by atoms with E-state index in [1.807, 2.05) is 31.1 Å². The molecule has 4 heterocycles. The van der Waals surface area contributed by atoms with Crippen LogP contribution < -0.4 is 15.4 Å². The Morgan fingerprint density at radius 1 is 1.10 bits per heavy atom. The normalized spacial score (nSPS) is 16.5. The Bertz CT molecular complexity index is 949. The quantitative estimate of drug-likeness (QED) is 0.785. The Hall–Kier alpha value is -2.97. The van der Waals surface area contributed by atoms with Crippen LogP contribution in [0.1, 0.15) is 36.0 Å². The summed E-state index contributed by atoms with van der Waals surface area (Å²) in [5.74, 6) is 1.80. The molecule has 30 heavy (non-hydrogen) atoms. The highest BCUT2D eigenvalue weighted by Crippen LogP contribution is 2.25. The molecule has 0 unspecified atom stereocenters. The van der Waals surface area contributed by atoms with Gasteiger partial charge in [0.05, 0.1) is 0 Å². The maximum atomic E-state index is 12.7. The van der Waals surface area contributed by atoms with E-state index >= 15 is 0 Å². The number of aromatic nitrogens is 4. The molecule has 9 nitrogen and oxygen atoms in total. The van der Waals surface area contributed by atoms with E-state index in [-0.39, 0.29) is 11.5 Å². The van der Waals surface area contributed by atoms with Crippen LogP contribution in [0.15, 0.2) is 17.2 Å². The Morgan fingerprint density at radius 3 is 2.57 bits per heavy atom. The molecule has 2 aromatic rings. The van der Waals surface area contributed by atoms with Crippen LogP contribution in [0, 0.1) is 13.8 Å². The molecule has 0 aliphatic carbocycles. The molecule has 2 aromatic heterocycles. The van der Waals surface area contributed by atoms with Gasteiger partial charge in [0, 0.05) is 69.2 Å². The number of H-pyrrole nitrogens is 1. The van der Waals surface area contributed by atoms with Crippen LogP contribution in [0.3, 0.4) is 0 Å². The van der Waals surface area contributed by atoms with Gasteiger partial charge in [-0.2, -0.15) is 5.10 Å². The summed E-state index contributed by atoms with van der Waals surface area (Å²) in [6.07, 6.45) is 6.85. The first-order valence-electron chi connectivity index (χ1n) is 10.7. The highest BCUT2D eigenvalue weighted by molar-refractivity contribution is 5.76. The molecule has 0 aromatic carbocycles. The predicted octanol–water partition coefficient (Wildman–Crippen LogP) is 1.06. The summed E-state index contributed by atoms with van der Waals surface area (Å²) in [7, 11) is 0. The lowest BCUT2D eigenvalue weighted by Crippen LogP contribution is -2.49. The van der Waals surface area contributed by atoms with Gasteiger partial charge in [-0.25, -0.2) is 15.1 Å². The van der Waals surface area contributed by atoms with Crippen molar-refractivity contribution < 1.29 is 4.79 Å². The van der Waals surface area contributed by atoms with Crippen molar-refractivity contribution in [1.82, 2.24) is 25.1 Å². The number of nitrogens with one attached hydrogen (secondary N) is 1. The summed E-state index contributed by atoms with van der Waals surface area (Å²) in [5, 5.41) is 6.86. The summed E-state index contributed by atoms with van der Waals surface area (Å²) >= 11 is 0. The average molecular weight is 412 g/mol. The third-order valence-corrected chi connectivity index (χ3v) is 5.98. The van der Waals surface area contributed by atoms with Crippen molar-refractivity contribution in [2.24, 2.45) is 0 Å². The van der Waals surface area contributed by atoms with Crippen molar-refractivity contribution in [2.45, 2.75) is 39.5 Å². The van der Waals surface area contributed by atoms with Gasteiger partial charge < -0.3 is 14.7 Å². The van der Waals surface area contributed by atoms with Gasteiger partial charge in [-0.15, -0.1) is 0 Å². The van der Waals surface area contributed by atoms with Crippen LogP contribution in [-0.2, 0) is 11.2 Å². The van der Waals surface area contributed by atoms with Crippen LogP contribution in [0.25, 0.3) is 0 Å². The molecule has 9 heteroatoms. The molecule has 1 amide bonds.